The van der Waals surface area contributed by atoms with E-state index in [4.69, 9.17) is 9.26 Å². The average molecular weight is 394 g/mol. The van der Waals surface area contributed by atoms with Gasteiger partial charge in [0.2, 0.25) is 0 Å². The summed E-state index contributed by atoms with van der Waals surface area (Å²) in [7, 11) is 0. The van der Waals surface area contributed by atoms with Crippen LogP contribution in [0.2, 0.25) is 0 Å². The first kappa shape index (κ1) is 19.2. The van der Waals surface area contributed by atoms with Gasteiger partial charge in [-0.1, -0.05) is 31.1 Å². The van der Waals surface area contributed by atoms with Gasteiger partial charge in [-0.05, 0) is 54.3 Å². The van der Waals surface area contributed by atoms with E-state index in [1.165, 1.54) is 17.7 Å². The molecular weight excluding hydrogens is 371 g/mol. The monoisotopic (exact) mass is 394 g/mol. The molecule has 0 saturated carbocycles. The molecule has 6 heteroatoms. The first-order chi connectivity index (χ1) is 14.0. The van der Waals surface area contributed by atoms with Gasteiger partial charge in [0.15, 0.2) is 12.4 Å². The Labute approximate surface area is 169 Å². The van der Waals surface area contributed by atoms with Gasteiger partial charge in [0.25, 0.3) is 5.91 Å². The molecule has 4 rings (SSSR count). The number of aromatic nitrogens is 1. The molecule has 0 fully saturated rings. The summed E-state index contributed by atoms with van der Waals surface area (Å²) in [5, 5.41) is 4.13. The third kappa shape index (κ3) is 4.16. The van der Waals surface area contributed by atoms with E-state index in [9.17, 15) is 9.18 Å². The van der Waals surface area contributed by atoms with Crippen molar-refractivity contribution < 1.29 is 18.4 Å². The van der Waals surface area contributed by atoms with Crippen LogP contribution in [-0.4, -0.2) is 29.1 Å². The summed E-state index contributed by atoms with van der Waals surface area (Å²) in [6.07, 6.45) is 0.639. The molecule has 2 aromatic carbocycles. The molecule has 3 aromatic rings. The Bertz CT molecular complexity index is 1010. The highest BCUT2D eigenvalue weighted by atomic mass is 19.1. The summed E-state index contributed by atoms with van der Waals surface area (Å²) in [6.45, 7) is 5.17. The van der Waals surface area contributed by atoms with Crippen molar-refractivity contribution in [1.29, 1.82) is 0 Å². The highest BCUT2D eigenvalue weighted by Crippen LogP contribution is 2.30. The van der Waals surface area contributed by atoms with Gasteiger partial charge in [-0.15, -0.1) is 0 Å². The van der Waals surface area contributed by atoms with Crippen LogP contribution < -0.4 is 4.74 Å². The van der Waals surface area contributed by atoms with E-state index in [0.717, 1.165) is 16.8 Å². The van der Waals surface area contributed by atoms with Crippen LogP contribution in [0, 0.1) is 5.82 Å². The van der Waals surface area contributed by atoms with Crippen molar-refractivity contribution in [3.63, 3.8) is 0 Å². The number of amides is 1. The van der Waals surface area contributed by atoms with E-state index in [1.54, 1.807) is 17.0 Å². The molecular formula is C23H23FN2O3. The number of rotatable bonds is 5. The van der Waals surface area contributed by atoms with E-state index in [-0.39, 0.29) is 18.3 Å². The predicted molar refractivity (Wildman–Crippen MR) is 107 cm³/mol. The summed E-state index contributed by atoms with van der Waals surface area (Å²) in [5.41, 5.74) is 3.68. The van der Waals surface area contributed by atoms with Crippen LogP contribution in [0.5, 0.6) is 5.75 Å². The maximum Gasteiger partial charge on any atom is 0.260 e. The molecule has 1 aromatic heterocycles. The number of fused-ring (bicyclic) bond motifs is 1. The normalized spacial score (nSPS) is 13.4. The van der Waals surface area contributed by atoms with Crippen LogP contribution >= 0.6 is 0 Å². The minimum atomic E-state index is -0.294. The van der Waals surface area contributed by atoms with Crippen molar-refractivity contribution >= 4 is 5.91 Å². The van der Waals surface area contributed by atoms with E-state index in [1.807, 2.05) is 18.2 Å². The standard InChI is InChI=1S/C23H23FN2O3/c1-15(2)17-4-3-5-19(12-17)28-14-22(27)26-11-10-20-21(13-26)25-29-23(20)16-6-8-18(24)9-7-16/h3-9,12,15H,10-11,13-14H2,1-2H3. The molecule has 1 amide bonds. The number of carbonyl (C=O) groups is 1. The van der Waals surface area contributed by atoms with Gasteiger partial charge in [-0.25, -0.2) is 4.39 Å². The van der Waals surface area contributed by atoms with Gasteiger partial charge in [0, 0.05) is 17.7 Å². The van der Waals surface area contributed by atoms with Gasteiger partial charge in [0.1, 0.15) is 17.3 Å². The number of halogens is 1. The number of hydrogen-bond donors (Lipinski definition) is 0. The van der Waals surface area contributed by atoms with Crippen molar-refractivity contribution in [2.75, 3.05) is 13.2 Å². The molecule has 1 aliphatic heterocycles. The molecule has 0 spiro atoms. The summed E-state index contributed by atoms with van der Waals surface area (Å²) in [4.78, 5) is 14.3. The Hall–Kier alpha value is -3.15. The van der Waals surface area contributed by atoms with Gasteiger partial charge < -0.3 is 14.2 Å². The number of nitrogens with zero attached hydrogens (tertiary/aromatic N) is 2. The molecule has 2 heterocycles. The molecule has 5 nitrogen and oxygen atoms in total. The Morgan fingerprint density at radius 3 is 2.79 bits per heavy atom. The maximum absolute atomic E-state index is 13.2. The molecule has 1 aliphatic rings. The molecule has 0 N–H and O–H groups in total. The Morgan fingerprint density at radius 2 is 2.03 bits per heavy atom. The first-order valence-electron chi connectivity index (χ1n) is 9.75. The zero-order valence-corrected chi connectivity index (χ0v) is 16.5. The number of benzene rings is 2. The summed E-state index contributed by atoms with van der Waals surface area (Å²) in [5.74, 6) is 1.36. The maximum atomic E-state index is 13.2. The topological polar surface area (TPSA) is 55.6 Å². The second kappa shape index (κ2) is 8.07. The van der Waals surface area contributed by atoms with Gasteiger partial charge >= 0.3 is 0 Å². The van der Waals surface area contributed by atoms with Gasteiger partial charge in [-0.2, -0.15) is 0 Å². The minimum absolute atomic E-state index is 0.0143. The fourth-order valence-corrected chi connectivity index (χ4v) is 3.47. The lowest BCUT2D eigenvalue weighted by molar-refractivity contribution is -0.134. The Balaban J connectivity index is 1.40. The second-order valence-corrected chi connectivity index (χ2v) is 7.52. The van der Waals surface area contributed by atoms with Crippen molar-refractivity contribution in [2.45, 2.75) is 32.7 Å². The fourth-order valence-electron chi connectivity index (χ4n) is 3.47. The van der Waals surface area contributed by atoms with Crippen molar-refractivity contribution in [1.82, 2.24) is 10.1 Å². The van der Waals surface area contributed by atoms with Gasteiger partial charge in [-0.3, -0.25) is 4.79 Å². The van der Waals surface area contributed by atoms with Crippen LogP contribution in [0.4, 0.5) is 4.39 Å². The molecule has 0 atom stereocenters. The molecule has 0 aliphatic carbocycles. The molecule has 0 saturated heterocycles. The third-order valence-corrected chi connectivity index (χ3v) is 5.19. The second-order valence-electron chi connectivity index (χ2n) is 7.52. The van der Waals surface area contributed by atoms with Crippen LogP contribution in [0.1, 0.15) is 36.6 Å². The van der Waals surface area contributed by atoms with E-state index in [0.29, 0.717) is 36.9 Å². The minimum Gasteiger partial charge on any atom is -0.484 e. The zero-order chi connectivity index (χ0) is 20.4. The Kier molecular flexibility index (Phi) is 5.34. The number of hydrogen-bond acceptors (Lipinski definition) is 4. The lowest BCUT2D eigenvalue weighted by atomic mass is 10.0. The van der Waals surface area contributed by atoms with Crippen LogP contribution in [0.25, 0.3) is 11.3 Å². The summed E-state index contributed by atoms with van der Waals surface area (Å²) < 4.78 is 24.4. The molecule has 0 bridgehead atoms. The molecule has 0 unspecified atom stereocenters. The van der Waals surface area contributed by atoms with Crippen molar-refractivity contribution in [3.8, 4) is 17.1 Å². The van der Waals surface area contributed by atoms with Crippen LogP contribution in [-0.2, 0) is 17.8 Å². The highest BCUT2D eigenvalue weighted by molar-refractivity contribution is 5.78. The average Bonchev–Trinajstić information content (AvgIpc) is 3.16. The predicted octanol–water partition coefficient (Wildman–Crippen LogP) is 4.57. The molecule has 29 heavy (non-hydrogen) atoms. The van der Waals surface area contributed by atoms with Crippen molar-refractivity contribution in [2.24, 2.45) is 0 Å². The summed E-state index contributed by atoms with van der Waals surface area (Å²) in [6, 6.07) is 14.0. The van der Waals surface area contributed by atoms with Crippen molar-refractivity contribution in [3.05, 3.63) is 71.2 Å². The number of carbonyl (C=O) groups excluding carboxylic acids is 1. The lowest BCUT2D eigenvalue weighted by Crippen LogP contribution is -2.38. The van der Waals surface area contributed by atoms with E-state index >= 15 is 0 Å². The SMILES string of the molecule is CC(C)c1cccc(OCC(=O)N2CCc3c(noc3-c3ccc(F)cc3)C2)c1. The number of ether oxygens (including phenoxy) is 1. The quantitative estimate of drug-likeness (QED) is 0.636. The third-order valence-electron chi connectivity index (χ3n) is 5.19. The zero-order valence-electron chi connectivity index (χ0n) is 16.5. The Morgan fingerprint density at radius 1 is 1.24 bits per heavy atom. The van der Waals surface area contributed by atoms with Crippen LogP contribution in [0.15, 0.2) is 53.1 Å². The summed E-state index contributed by atoms with van der Waals surface area (Å²) >= 11 is 0. The fraction of sp³-hybridized carbons (Fsp3) is 0.304. The lowest BCUT2D eigenvalue weighted by Gasteiger charge is -2.26. The molecule has 150 valence electrons. The highest BCUT2D eigenvalue weighted by Gasteiger charge is 2.27. The van der Waals surface area contributed by atoms with E-state index in [2.05, 4.69) is 25.1 Å². The van der Waals surface area contributed by atoms with Crippen LogP contribution in [0.3, 0.4) is 0 Å². The smallest absolute Gasteiger partial charge is 0.260 e. The largest absolute Gasteiger partial charge is 0.484 e. The van der Waals surface area contributed by atoms with E-state index < -0.39 is 0 Å². The first-order valence-corrected chi connectivity index (χ1v) is 9.75. The molecule has 0 radical (unpaired) electrons. The van der Waals surface area contributed by atoms with Gasteiger partial charge in [0.05, 0.1) is 6.54 Å².